The summed E-state index contributed by atoms with van der Waals surface area (Å²) in [6, 6.07) is 16.2. The number of ether oxygens (including phenoxy) is 1. The number of H-pyrrole nitrogens is 1. The number of carbonyl (C=O) groups is 2. The van der Waals surface area contributed by atoms with Gasteiger partial charge in [0.25, 0.3) is 0 Å². The van der Waals surface area contributed by atoms with E-state index in [1.807, 2.05) is 39.1 Å². The standard InChI is InChI=1S/C43H48FN13O5S/c1-27(2)62-38-37(29-22-47-48-23-29)46-26-57-40(38)50-41(52-57)49-35-14-12-32(21-34(35)44)63(60,61)31-10-7-9-28(19-31)24-55-17-16-54(25-43(55,3)4)30-11-13-33-36(20-30)53(6)51-39(33)56(15-8-18-58)42(59)45-5/h7,9-14,18-23,26-27H,8,15-17,24-25H2,1-6H3,(H,45,59)(H,47,48)(H,49,52). The number of aromatic nitrogens is 8. The maximum Gasteiger partial charge on any atom is 0.322 e. The summed E-state index contributed by atoms with van der Waals surface area (Å²) in [5.41, 5.74) is 3.88. The van der Waals surface area contributed by atoms with Gasteiger partial charge < -0.3 is 25.1 Å². The quantitative estimate of drug-likeness (QED) is 0.112. The van der Waals surface area contributed by atoms with E-state index in [1.54, 1.807) is 36.3 Å². The lowest BCUT2D eigenvalue weighted by Gasteiger charge is -2.48. The number of aryl methyl sites for hydroxylation is 1. The predicted molar refractivity (Wildman–Crippen MR) is 236 cm³/mol. The molecule has 4 aromatic heterocycles. The van der Waals surface area contributed by atoms with Crippen molar-refractivity contribution < 1.29 is 27.1 Å². The number of halogens is 1. The number of nitrogens with zero attached hydrogens (tertiary/aromatic N) is 10. The first-order chi connectivity index (χ1) is 30.2. The van der Waals surface area contributed by atoms with E-state index in [1.165, 1.54) is 33.9 Å². The number of fused-ring (bicyclic) bond motifs is 2. The molecule has 20 heteroatoms. The third-order valence-electron chi connectivity index (χ3n) is 11.0. The van der Waals surface area contributed by atoms with Gasteiger partial charge in [-0.25, -0.2) is 22.6 Å². The molecule has 328 valence electrons. The number of anilines is 4. The molecule has 2 amide bonds. The largest absolute Gasteiger partial charge is 0.485 e. The third-order valence-corrected chi connectivity index (χ3v) is 12.7. The van der Waals surface area contributed by atoms with Gasteiger partial charge in [-0.3, -0.25) is 19.6 Å². The lowest BCUT2D eigenvalue weighted by molar-refractivity contribution is -0.107. The van der Waals surface area contributed by atoms with Gasteiger partial charge in [0.1, 0.15) is 24.1 Å². The molecule has 1 aliphatic rings. The topological polar surface area (TPSA) is 201 Å². The number of aromatic amines is 1. The van der Waals surface area contributed by atoms with Crippen molar-refractivity contribution in [3.05, 3.63) is 90.8 Å². The fraction of sp³-hybridized carbons (Fsp3) is 0.326. The summed E-state index contributed by atoms with van der Waals surface area (Å²) < 4.78 is 52.8. The second-order valence-electron chi connectivity index (χ2n) is 16.2. The number of piperazine rings is 1. The second kappa shape index (κ2) is 17.1. The van der Waals surface area contributed by atoms with E-state index in [4.69, 9.17) is 4.74 Å². The second-order valence-corrected chi connectivity index (χ2v) is 18.1. The Morgan fingerprint density at radius 3 is 2.60 bits per heavy atom. The van der Waals surface area contributed by atoms with Crippen molar-refractivity contribution in [2.75, 3.05) is 48.3 Å². The van der Waals surface area contributed by atoms with Crippen molar-refractivity contribution in [3.63, 3.8) is 0 Å². The van der Waals surface area contributed by atoms with Crippen molar-refractivity contribution in [2.45, 2.75) is 62.1 Å². The van der Waals surface area contributed by atoms with Crippen LogP contribution in [0.25, 0.3) is 27.8 Å². The monoisotopic (exact) mass is 877 g/mol. The molecule has 8 rings (SSSR count). The zero-order chi connectivity index (χ0) is 44.6. The SMILES string of the molecule is CNC(=O)N(CCC=O)c1nn(C)c2cc(N3CCN(Cc4cccc(S(=O)(=O)c5ccc(Nc6nc7c(OC(C)C)c(-c8cn[nH]c8)ncn7n6)c(F)c5)c4)C(C)(C)C3)ccc12. The first-order valence-corrected chi connectivity index (χ1v) is 21.9. The van der Waals surface area contributed by atoms with E-state index in [9.17, 15) is 18.0 Å². The van der Waals surface area contributed by atoms with E-state index >= 15 is 4.39 Å². The summed E-state index contributed by atoms with van der Waals surface area (Å²) >= 11 is 0. The summed E-state index contributed by atoms with van der Waals surface area (Å²) in [6.07, 6.45) is 5.52. The normalized spacial score (nSPS) is 14.4. The molecular weight excluding hydrogens is 830 g/mol. The number of urea groups is 1. The van der Waals surface area contributed by atoms with Gasteiger partial charge in [0.2, 0.25) is 21.4 Å². The van der Waals surface area contributed by atoms with Crippen LogP contribution in [0.15, 0.2) is 89.2 Å². The molecule has 18 nitrogen and oxygen atoms in total. The molecule has 0 spiro atoms. The number of nitrogens with one attached hydrogen (secondary N) is 3. The van der Waals surface area contributed by atoms with Gasteiger partial charge in [-0.1, -0.05) is 12.1 Å². The molecule has 1 saturated heterocycles. The minimum atomic E-state index is -4.10. The van der Waals surface area contributed by atoms with E-state index < -0.39 is 15.7 Å². The van der Waals surface area contributed by atoms with Crippen LogP contribution >= 0.6 is 0 Å². The number of amides is 2. The van der Waals surface area contributed by atoms with Crippen LogP contribution in [-0.2, 0) is 28.2 Å². The summed E-state index contributed by atoms with van der Waals surface area (Å²) in [6.45, 7) is 10.9. The Kier molecular flexibility index (Phi) is 11.6. The van der Waals surface area contributed by atoms with Gasteiger partial charge >= 0.3 is 6.03 Å². The molecule has 0 bridgehead atoms. The predicted octanol–water partition coefficient (Wildman–Crippen LogP) is 5.74. The summed E-state index contributed by atoms with van der Waals surface area (Å²) in [5, 5.41) is 22.1. The number of benzene rings is 3. The zero-order valence-corrected chi connectivity index (χ0v) is 36.5. The smallest absolute Gasteiger partial charge is 0.322 e. The Balaban J connectivity index is 0.958. The van der Waals surface area contributed by atoms with Crippen LogP contribution in [-0.4, -0.2) is 110 Å². The van der Waals surface area contributed by atoms with Crippen LogP contribution in [0.5, 0.6) is 5.75 Å². The third kappa shape index (κ3) is 8.50. The zero-order valence-electron chi connectivity index (χ0n) is 35.7. The number of aldehydes is 1. The molecule has 1 aliphatic heterocycles. The van der Waals surface area contributed by atoms with Gasteiger partial charge in [0.15, 0.2) is 11.6 Å². The van der Waals surface area contributed by atoms with Crippen molar-refractivity contribution in [3.8, 4) is 17.0 Å². The number of carbonyl (C=O) groups excluding carboxylic acids is 2. The molecule has 3 N–H and O–H groups in total. The van der Waals surface area contributed by atoms with Crippen molar-refractivity contribution in [1.82, 2.24) is 49.8 Å². The molecule has 5 heterocycles. The van der Waals surface area contributed by atoms with Gasteiger partial charge in [-0.05, 0) is 81.8 Å². The molecule has 0 atom stereocenters. The van der Waals surface area contributed by atoms with E-state index in [0.717, 1.165) is 34.5 Å². The average molecular weight is 878 g/mol. The lowest BCUT2D eigenvalue weighted by atomic mass is 9.97. The Morgan fingerprint density at radius 2 is 1.89 bits per heavy atom. The van der Waals surface area contributed by atoms with Crippen molar-refractivity contribution >= 4 is 61.8 Å². The maximum absolute atomic E-state index is 15.7. The molecule has 0 aliphatic carbocycles. The first-order valence-electron chi connectivity index (χ1n) is 20.4. The lowest BCUT2D eigenvalue weighted by Crippen LogP contribution is -2.58. The van der Waals surface area contributed by atoms with Crippen LogP contribution in [0.4, 0.5) is 32.3 Å². The fourth-order valence-electron chi connectivity index (χ4n) is 7.82. The van der Waals surface area contributed by atoms with E-state index in [-0.39, 0.29) is 52.1 Å². The average Bonchev–Trinajstić information content (AvgIpc) is 4.02. The molecule has 3 aromatic carbocycles. The number of hydrogen-bond acceptors (Lipinski definition) is 13. The van der Waals surface area contributed by atoms with Crippen LogP contribution in [0.2, 0.25) is 0 Å². The van der Waals surface area contributed by atoms with Crippen molar-refractivity contribution in [1.29, 1.82) is 0 Å². The summed E-state index contributed by atoms with van der Waals surface area (Å²) in [7, 11) is -0.727. The minimum absolute atomic E-state index is 0.0157. The van der Waals surface area contributed by atoms with Crippen LogP contribution in [0.3, 0.4) is 0 Å². The Morgan fingerprint density at radius 1 is 1.08 bits per heavy atom. The molecule has 63 heavy (non-hydrogen) atoms. The number of hydrogen-bond donors (Lipinski definition) is 3. The fourth-order valence-corrected chi connectivity index (χ4v) is 9.16. The maximum atomic E-state index is 15.7. The van der Waals surface area contributed by atoms with Gasteiger partial charge in [-0.15, -0.1) is 5.10 Å². The highest BCUT2D eigenvalue weighted by Crippen LogP contribution is 2.35. The molecule has 1 fully saturated rings. The van der Waals surface area contributed by atoms with E-state index in [0.29, 0.717) is 54.7 Å². The summed E-state index contributed by atoms with van der Waals surface area (Å²) in [4.78, 5) is 38.8. The van der Waals surface area contributed by atoms with Gasteiger partial charge in [0, 0.05) is 81.6 Å². The van der Waals surface area contributed by atoms with Crippen LogP contribution in [0, 0.1) is 5.82 Å². The molecule has 0 saturated carbocycles. The van der Waals surface area contributed by atoms with Gasteiger partial charge in [0.05, 0.1) is 33.3 Å². The Hall–Kier alpha value is -6.93. The highest BCUT2D eigenvalue weighted by atomic mass is 32.2. The van der Waals surface area contributed by atoms with Crippen LogP contribution < -0.4 is 25.2 Å². The molecule has 0 unspecified atom stereocenters. The molecular formula is C43H48FN13O5S. The summed E-state index contributed by atoms with van der Waals surface area (Å²) in [5.74, 6) is 0.116. The molecule has 7 aromatic rings. The minimum Gasteiger partial charge on any atom is -0.485 e. The van der Waals surface area contributed by atoms with E-state index in [2.05, 4.69) is 70.7 Å². The van der Waals surface area contributed by atoms with Crippen LogP contribution in [0.1, 0.15) is 39.7 Å². The molecule has 0 radical (unpaired) electrons. The highest BCUT2D eigenvalue weighted by Gasteiger charge is 2.34. The highest BCUT2D eigenvalue weighted by molar-refractivity contribution is 7.91. The van der Waals surface area contributed by atoms with Crippen molar-refractivity contribution in [2.24, 2.45) is 7.05 Å². The Bertz CT molecular complexity index is 2930. The Labute approximate surface area is 363 Å². The van der Waals surface area contributed by atoms with Gasteiger partial charge in [-0.2, -0.15) is 19.7 Å². The number of sulfone groups is 1. The number of rotatable bonds is 14. The first kappa shape index (κ1) is 42.7.